The van der Waals surface area contributed by atoms with E-state index in [2.05, 4.69) is 31.2 Å². The second-order valence-electron chi connectivity index (χ2n) is 4.55. The van der Waals surface area contributed by atoms with Crippen LogP contribution in [0.25, 0.3) is 10.6 Å². The number of carbonyl (C=O) groups is 1. The number of pyridine rings is 1. The van der Waals surface area contributed by atoms with Crippen LogP contribution < -0.4 is 5.32 Å². The molecule has 110 valence electrons. The fourth-order valence-electron chi connectivity index (χ4n) is 1.92. The van der Waals surface area contributed by atoms with Gasteiger partial charge in [0.1, 0.15) is 5.01 Å². The molecular weight excluding hydrogens is 362 g/mol. The van der Waals surface area contributed by atoms with E-state index >= 15 is 0 Å². The van der Waals surface area contributed by atoms with Gasteiger partial charge in [-0.2, -0.15) is 0 Å². The fourth-order valence-corrected chi connectivity index (χ4v) is 3.20. The maximum absolute atomic E-state index is 12.1. The fraction of sp³-hybridized carbons (Fsp3) is 0.0625. The Morgan fingerprint density at radius 3 is 2.86 bits per heavy atom. The number of hydrogen-bond acceptors (Lipinski definition) is 4. The number of aromatic nitrogens is 2. The lowest BCUT2D eigenvalue weighted by Gasteiger charge is -2.05. The SMILES string of the molecule is O=C(NCc1csc(-c2cccnc2)n1)c1ccccc1Br. The molecule has 6 heteroatoms. The Hall–Kier alpha value is -2.05. The van der Waals surface area contributed by atoms with Crippen LogP contribution in [-0.2, 0) is 6.54 Å². The van der Waals surface area contributed by atoms with Crippen molar-refractivity contribution in [3.8, 4) is 10.6 Å². The van der Waals surface area contributed by atoms with E-state index in [4.69, 9.17) is 0 Å². The van der Waals surface area contributed by atoms with Gasteiger partial charge in [0.2, 0.25) is 0 Å². The molecule has 0 aliphatic carbocycles. The van der Waals surface area contributed by atoms with E-state index in [1.807, 2.05) is 35.7 Å². The topological polar surface area (TPSA) is 54.9 Å². The summed E-state index contributed by atoms with van der Waals surface area (Å²) in [6.45, 7) is 0.400. The van der Waals surface area contributed by atoms with Gasteiger partial charge < -0.3 is 5.32 Å². The lowest BCUT2D eigenvalue weighted by Crippen LogP contribution is -2.23. The first-order valence-corrected chi connectivity index (χ1v) is 8.29. The minimum Gasteiger partial charge on any atom is -0.346 e. The molecule has 0 saturated carbocycles. The van der Waals surface area contributed by atoms with Crippen LogP contribution in [0, 0.1) is 0 Å². The van der Waals surface area contributed by atoms with Crippen LogP contribution in [0.1, 0.15) is 16.1 Å². The number of carbonyl (C=O) groups excluding carboxylic acids is 1. The normalized spacial score (nSPS) is 10.4. The highest BCUT2D eigenvalue weighted by Crippen LogP contribution is 2.22. The van der Waals surface area contributed by atoms with Crippen molar-refractivity contribution >= 4 is 33.2 Å². The largest absolute Gasteiger partial charge is 0.346 e. The Balaban J connectivity index is 1.67. The number of halogens is 1. The average molecular weight is 374 g/mol. The molecule has 0 saturated heterocycles. The summed E-state index contributed by atoms with van der Waals surface area (Å²) in [6.07, 6.45) is 3.51. The van der Waals surface area contributed by atoms with Gasteiger partial charge in [-0.25, -0.2) is 4.98 Å². The first kappa shape index (κ1) is 14.9. The van der Waals surface area contributed by atoms with Gasteiger partial charge in [-0.15, -0.1) is 11.3 Å². The molecule has 1 N–H and O–H groups in total. The van der Waals surface area contributed by atoms with Crippen LogP contribution in [0.2, 0.25) is 0 Å². The zero-order valence-electron chi connectivity index (χ0n) is 11.5. The Morgan fingerprint density at radius 2 is 2.09 bits per heavy atom. The lowest BCUT2D eigenvalue weighted by molar-refractivity contribution is 0.0949. The van der Waals surface area contributed by atoms with Crippen molar-refractivity contribution in [2.75, 3.05) is 0 Å². The summed E-state index contributed by atoms with van der Waals surface area (Å²) in [5, 5.41) is 5.73. The van der Waals surface area contributed by atoms with Crippen LogP contribution in [0.4, 0.5) is 0 Å². The molecule has 0 radical (unpaired) electrons. The zero-order valence-corrected chi connectivity index (χ0v) is 13.9. The van der Waals surface area contributed by atoms with Gasteiger partial charge in [0.05, 0.1) is 17.8 Å². The molecule has 1 amide bonds. The number of rotatable bonds is 4. The Labute approximate surface area is 140 Å². The highest BCUT2D eigenvalue weighted by atomic mass is 79.9. The van der Waals surface area contributed by atoms with E-state index in [9.17, 15) is 4.79 Å². The molecule has 3 aromatic rings. The summed E-state index contributed by atoms with van der Waals surface area (Å²) in [7, 11) is 0. The smallest absolute Gasteiger partial charge is 0.252 e. The summed E-state index contributed by atoms with van der Waals surface area (Å²) in [5.41, 5.74) is 2.44. The number of amides is 1. The zero-order chi connectivity index (χ0) is 15.4. The summed E-state index contributed by atoms with van der Waals surface area (Å²) >= 11 is 4.92. The second-order valence-corrected chi connectivity index (χ2v) is 6.26. The number of nitrogens with zero attached hydrogens (tertiary/aromatic N) is 2. The predicted molar refractivity (Wildman–Crippen MR) is 90.7 cm³/mol. The predicted octanol–water partition coefficient (Wildman–Crippen LogP) is 3.90. The summed E-state index contributed by atoms with van der Waals surface area (Å²) in [4.78, 5) is 20.7. The van der Waals surface area contributed by atoms with E-state index in [1.165, 1.54) is 0 Å². The molecule has 0 bridgehead atoms. The van der Waals surface area contributed by atoms with Crippen molar-refractivity contribution in [1.29, 1.82) is 0 Å². The molecule has 0 aliphatic rings. The van der Waals surface area contributed by atoms with Crippen molar-refractivity contribution in [3.63, 3.8) is 0 Å². The van der Waals surface area contributed by atoms with Gasteiger partial charge in [0, 0.05) is 27.8 Å². The Bertz CT molecular complexity index is 789. The van der Waals surface area contributed by atoms with Gasteiger partial charge in [0.25, 0.3) is 5.91 Å². The minimum atomic E-state index is -0.122. The summed E-state index contributed by atoms with van der Waals surface area (Å²) < 4.78 is 0.779. The van der Waals surface area contributed by atoms with Crippen LogP contribution >= 0.6 is 27.3 Å². The third-order valence-electron chi connectivity index (χ3n) is 3.01. The third kappa shape index (κ3) is 3.40. The molecule has 0 aliphatic heterocycles. The van der Waals surface area contributed by atoms with Gasteiger partial charge >= 0.3 is 0 Å². The number of nitrogens with one attached hydrogen (secondary N) is 1. The van der Waals surface area contributed by atoms with Crippen molar-refractivity contribution < 1.29 is 4.79 Å². The van der Waals surface area contributed by atoms with E-state index in [1.54, 1.807) is 29.8 Å². The van der Waals surface area contributed by atoms with E-state index in [0.717, 1.165) is 20.7 Å². The summed E-state index contributed by atoms with van der Waals surface area (Å²) in [5.74, 6) is -0.122. The van der Waals surface area contributed by atoms with E-state index < -0.39 is 0 Å². The van der Waals surface area contributed by atoms with Crippen LogP contribution in [0.15, 0.2) is 58.6 Å². The monoisotopic (exact) mass is 373 g/mol. The number of thiazole rings is 1. The van der Waals surface area contributed by atoms with Crippen molar-refractivity contribution in [1.82, 2.24) is 15.3 Å². The Morgan fingerprint density at radius 1 is 1.23 bits per heavy atom. The molecule has 0 spiro atoms. The summed E-state index contributed by atoms with van der Waals surface area (Å²) in [6, 6.07) is 11.2. The van der Waals surface area contributed by atoms with Crippen molar-refractivity contribution in [2.45, 2.75) is 6.54 Å². The van der Waals surface area contributed by atoms with Gasteiger partial charge in [-0.05, 0) is 40.2 Å². The molecule has 0 fully saturated rings. The van der Waals surface area contributed by atoms with Crippen LogP contribution in [0.3, 0.4) is 0 Å². The van der Waals surface area contributed by atoms with Gasteiger partial charge in [-0.3, -0.25) is 9.78 Å². The highest BCUT2D eigenvalue weighted by Gasteiger charge is 2.10. The number of benzene rings is 1. The molecular formula is C16H12BrN3OS. The molecule has 2 aromatic heterocycles. The van der Waals surface area contributed by atoms with Gasteiger partial charge in [-0.1, -0.05) is 12.1 Å². The molecule has 22 heavy (non-hydrogen) atoms. The number of hydrogen-bond donors (Lipinski definition) is 1. The standard InChI is InChI=1S/C16H12BrN3OS/c17-14-6-2-1-5-13(14)15(21)19-9-12-10-22-16(20-12)11-4-3-7-18-8-11/h1-8,10H,9H2,(H,19,21). The lowest BCUT2D eigenvalue weighted by atomic mass is 10.2. The van der Waals surface area contributed by atoms with Crippen molar-refractivity contribution in [2.24, 2.45) is 0 Å². The first-order chi connectivity index (χ1) is 10.7. The quantitative estimate of drug-likeness (QED) is 0.754. The highest BCUT2D eigenvalue weighted by molar-refractivity contribution is 9.10. The second kappa shape index (κ2) is 6.81. The third-order valence-corrected chi connectivity index (χ3v) is 4.64. The molecule has 4 nitrogen and oxygen atoms in total. The van der Waals surface area contributed by atoms with Crippen LogP contribution in [-0.4, -0.2) is 15.9 Å². The molecule has 0 atom stereocenters. The van der Waals surface area contributed by atoms with E-state index in [0.29, 0.717) is 12.1 Å². The maximum atomic E-state index is 12.1. The minimum absolute atomic E-state index is 0.122. The maximum Gasteiger partial charge on any atom is 0.252 e. The molecule has 1 aromatic carbocycles. The first-order valence-electron chi connectivity index (χ1n) is 6.61. The molecule has 2 heterocycles. The van der Waals surface area contributed by atoms with E-state index in [-0.39, 0.29) is 5.91 Å². The van der Waals surface area contributed by atoms with Crippen molar-refractivity contribution in [3.05, 3.63) is 69.9 Å². The van der Waals surface area contributed by atoms with Gasteiger partial charge in [0.15, 0.2) is 0 Å². The van der Waals surface area contributed by atoms with Crippen LogP contribution in [0.5, 0.6) is 0 Å². The Kier molecular flexibility index (Phi) is 4.60. The molecule has 3 rings (SSSR count). The average Bonchev–Trinajstić information content (AvgIpc) is 3.03. The molecule has 0 unspecified atom stereocenters.